The Bertz CT molecular complexity index is 1050. The molecule has 0 aliphatic carbocycles. The van der Waals surface area contributed by atoms with E-state index in [4.69, 9.17) is 11.6 Å². The highest BCUT2D eigenvalue weighted by Gasteiger charge is 2.44. The van der Waals surface area contributed by atoms with Gasteiger partial charge in [0.2, 0.25) is 5.91 Å². The predicted molar refractivity (Wildman–Crippen MR) is 106 cm³/mol. The number of amides is 1. The van der Waals surface area contributed by atoms with Gasteiger partial charge in [-0.25, -0.2) is 19.3 Å². The van der Waals surface area contributed by atoms with Crippen LogP contribution in [0.25, 0.3) is 22.4 Å². The molecule has 0 saturated carbocycles. The molecule has 4 rings (SSSR count). The summed E-state index contributed by atoms with van der Waals surface area (Å²) in [6.07, 6.45) is 5.81. The molecule has 3 aromatic heterocycles. The Morgan fingerprint density at radius 1 is 1.43 bits per heavy atom. The summed E-state index contributed by atoms with van der Waals surface area (Å²) in [6, 6.07) is 1.76. The van der Waals surface area contributed by atoms with Crippen molar-refractivity contribution in [2.75, 3.05) is 18.0 Å². The Hall–Kier alpha value is -2.74. The molecular weight excluding hydrogens is 383 g/mol. The second kappa shape index (κ2) is 7.01. The van der Waals surface area contributed by atoms with Crippen LogP contribution in [0.2, 0.25) is 5.02 Å². The first-order valence-corrected chi connectivity index (χ1v) is 9.53. The zero-order valence-electron chi connectivity index (χ0n) is 15.6. The van der Waals surface area contributed by atoms with Crippen LogP contribution < -0.4 is 10.2 Å². The maximum Gasteiger partial charge on any atom is 0.245 e. The van der Waals surface area contributed by atoms with Crippen LogP contribution in [0.4, 0.5) is 10.2 Å². The van der Waals surface area contributed by atoms with Crippen molar-refractivity contribution in [1.82, 2.24) is 25.3 Å². The second-order valence-corrected chi connectivity index (χ2v) is 7.44. The number of hydrogen-bond donors (Lipinski definition) is 2. The van der Waals surface area contributed by atoms with Crippen LogP contribution >= 0.6 is 11.6 Å². The lowest BCUT2D eigenvalue weighted by molar-refractivity contribution is -0.125. The van der Waals surface area contributed by atoms with Crippen molar-refractivity contribution in [3.63, 3.8) is 0 Å². The number of carbonyl (C=O) groups is 1. The molecule has 2 N–H and O–H groups in total. The zero-order valence-corrected chi connectivity index (χ0v) is 16.3. The van der Waals surface area contributed by atoms with Crippen molar-refractivity contribution >= 4 is 34.4 Å². The van der Waals surface area contributed by atoms with Gasteiger partial charge in [-0.2, -0.15) is 0 Å². The molecule has 146 valence electrons. The topological polar surface area (TPSA) is 86.8 Å². The lowest BCUT2D eigenvalue weighted by atomic mass is 9.97. The van der Waals surface area contributed by atoms with Crippen LogP contribution in [0.15, 0.2) is 24.7 Å². The monoisotopic (exact) mass is 402 g/mol. The van der Waals surface area contributed by atoms with Crippen LogP contribution in [-0.4, -0.2) is 44.5 Å². The van der Waals surface area contributed by atoms with Crippen molar-refractivity contribution in [2.24, 2.45) is 0 Å². The molecule has 0 spiro atoms. The van der Waals surface area contributed by atoms with E-state index in [-0.39, 0.29) is 11.7 Å². The number of anilines is 1. The highest BCUT2D eigenvalue weighted by atomic mass is 35.5. The van der Waals surface area contributed by atoms with E-state index in [2.05, 4.69) is 25.3 Å². The minimum absolute atomic E-state index is 0.126. The summed E-state index contributed by atoms with van der Waals surface area (Å²) < 4.78 is 14.7. The number of hydrogen-bond acceptors (Lipinski definition) is 5. The van der Waals surface area contributed by atoms with Crippen molar-refractivity contribution < 1.29 is 9.18 Å². The van der Waals surface area contributed by atoms with Gasteiger partial charge in [0.05, 0.1) is 11.2 Å². The van der Waals surface area contributed by atoms with Gasteiger partial charge < -0.3 is 15.2 Å². The van der Waals surface area contributed by atoms with E-state index in [0.29, 0.717) is 41.6 Å². The molecule has 1 aliphatic heterocycles. The van der Waals surface area contributed by atoms with Gasteiger partial charge >= 0.3 is 0 Å². The van der Waals surface area contributed by atoms with E-state index in [1.807, 2.05) is 13.8 Å². The number of fused-ring (bicyclic) bond motifs is 1. The summed E-state index contributed by atoms with van der Waals surface area (Å²) in [7, 11) is 0. The summed E-state index contributed by atoms with van der Waals surface area (Å²) in [5.41, 5.74) is 0.459. The summed E-state index contributed by atoms with van der Waals surface area (Å²) in [5, 5.41) is 4.08. The third kappa shape index (κ3) is 2.97. The van der Waals surface area contributed by atoms with Gasteiger partial charge in [0.1, 0.15) is 11.2 Å². The largest absolute Gasteiger partial charge is 0.354 e. The fraction of sp³-hybridized carbons (Fsp3) is 0.368. The van der Waals surface area contributed by atoms with Crippen LogP contribution in [0.1, 0.15) is 26.7 Å². The molecule has 9 heteroatoms. The van der Waals surface area contributed by atoms with E-state index in [1.54, 1.807) is 23.4 Å². The van der Waals surface area contributed by atoms with E-state index in [0.717, 1.165) is 18.0 Å². The highest BCUT2D eigenvalue weighted by molar-refractivity contribution is 6.31. The molecule has 1 atom stereocenters. The number of halogens is 2. The molecular formula is C19H20ClFN6O. The van der Waals surface area contributed by atoms with E-state index < -0.39 is 11.4 Å². The van der Waals surface area contributed by atoms with Crippen LogP contribution in [-0.2, 0) is 4.79 Å². The Kier molecular flexibility index (Phi) is 4.66. The third-order valence-electron chi connectivity index (χ3n) is 5.19. The standard InChI is InChI=1S/C19H20ClFN6O/c1-3-22-18(28)19(2)5-4-6-27(19)17-14(21)10-25-16(26-17)13-9-24-15-12(13)7-11(20)8-23-15/h7-10H,3-6H2,1-2H3,(H,22,28)(H,23,24)/t19-/m1/s1. The summed E-state index contributed by atoms with van der Waals surface area (Å²) in [6.45, 7) is 4.74. The van der Waals surface area contributed by atoms with Crippen molar-refractivity contribution in [3.8, 4) is 11.4 Å². The first-order chi connectivity index (χ1) is 13.4. The van der Waals surface area contributed by atoms with Gasteiger partial charge in [0.25, 0.3) is 0 Å². The van der Waals surface area contributed by atoms with E-state index in [9.17, 15) is 9.18 Å². The van der Waals surface area contributed by atoms with Gasteiger partial charge in [-0.05, 0) is 32.8 Å². The maximum absolute atomic E-state index is 14.7. The Labute approximate surface area is 166 Å². The number of nitrogens with one attached hydrogen (secondary N) is 2. The fourth-order valence-corrected chi connectivity index (χ4v) is 3.89. The Morgan fingerprint density at radius 2 is 2.25 bits per heavy atom. The molecule has 1 aliphatic rings. The number of aromatic amines is 1. The zero-order chi connectivity index (χ0) is 19.9. The fourth-order valence-electron chi connectivity index (χ4n) is 3.73. The average Bonchev–Trinajstić information content (AvgIpc) is 3.27. The summed E-state index contributed by atoms with van der Waals surface area (Å²) in [4.78, 5) is 30.3. The summed E-state index contributed by atoms with van der Waals surface area (Å²) in [5.74, 6) is -0.218. The quantitative estimate of drug-likeness (QED) is 0.699. The maximum atomic E-state index is 14.7. The molecule has 1 saturated heterocycles. The van der Waals surface area contributed by atoms with Gasteiger partial charge in [0.15, 0.2) is 17.5 Å². The number of nitrogens with zero attached hydrogens (tertiary/aromatic N) is 4. The second-order valence-electron chi connectivity index (χ2n) is 7.01. The molecule has 4 heterocycles. The first kappa shape index (κ1) is 18.6. The molecule has 1 amide bonds. The minimum Gasteiger partial charge on any atom is -0.354 e. The molecule has 0 bridgehead atoms. The Balaban J connectivity index is 1.79. The van der Waals surface area contributed by atoms with Crippen LogP contribution in [0.3, 0.4) is 0 Å². The Morgan fingerprint density at radius 3 is 3.04 bits per heavy atom. The average molecular weight is 403 g/mol. The molecule has 1 fully saturated rings. The molecule has 0 aromatic carbocycles. The first-order valence-electron chi connectivity index (χ1n) is 9.15. The van der Waals surface area contributed by atoms with Crippen LogP contribution in [0.5, 0.6) is 0 Å². The number of carbonyl (C=O) groups excluding carboxylic acids is 1. The van der Waals surface area contributed by atoms with Gasteiger partial charge in [-0.1, -0.05) is 11.6 Å². The SMILES string of the molecule is CCNC(=O)[C@@]1(C)CCCN1c1nc(-c2c[nH]c3ncc(Cl)cc23)ncc1F. The summed E-state index contributed by atoms with van der Waals surface area (Å²) >= 11 is 6.07. The minimum atomic E-state index is -0.854. The molecule has 28 heavy (non-hydrogen) atoms. The number of rotatable bonds is 4. The number of likely N-dealkylation sites (N-methyl/N-ethyl adjacent to an activating group) is 1. The highest BCUT2D eigenvalue weighted by Crippen LogP contribution is 2.36. The van der Waals surface area contributed by atoms with Crippen molar-refractivity contribution in [1.29, 1.82) is 0 Å². The number of H-pyrrole nitrogens is 1. The van der Waals surface area contributed by atoms with Gasteiger partial charge in [-0.15, -0.1) is 0 Å². The smallest absolute Gasteiger partial charge is 0.245 e. The third-order valence-corrected chi connectivity index (χ3v) is 5.39. The lowest BCUT2D eigenvalue weighted by Gasteiger charge is -2.34. The van der Waals surface area contributed by atoms with E-state index >= 15 is 0 Å². The van der Waals surface area contributed by atoms with Crippen LogP contribution in [0, 0.1) is 5.82 Å². The number of aromatic nitrogens is 4. The molecule has 0 radical (unpaired) electrons. The lowest BCUT2D eigenvalue weighted by Crippen LogP contribution is -2.54. The van der Waals surface area contributed by atoms with Gasteiger partial charge in [-0.3, -0.25) is 4.79 Å². The molecule has 7 nitrogen and oxygen atoms in total. The van der Waals surface area contributed by atoms with Gasteiger partial charge in [0, 0.05) is 36.4 Å². The van der Waals surface area contributed by atoms with E-state index in [1.165, 1.54) is 0 Å². The normalized spacial score (nSPS) is 19.4. The molecule has 3 aromatic rings. The molecule has 0 unspecified atom stereocenters. The predicted octanol–water partition coefficient (Wildman–Crippen LogP) is 3.31. The van der Waals surface area contributed by atoms with Crippen molar-refractivity contribution in [2.45, 2.75) is 32.2 Å². The number of pyridine rings is 1. The van der Waals surface area contributed by atoms with Crippen molar-refractivity contribution in [3.05, 3.63) is 35.5 Å².